The maximum Gasteiger partial charge on any atom is 0.223 e. The third-order valence-electron chi connectivity index (χ3n) is 3.79. The molecule has 0 atom stereocenters. The Bertz CT molecular complexity index is 663. The van der Waals surface area contributed by atoms with Crippen LogP contribution in [0.4, 0.5) is 5.95 Å². The summed E-state index contributed by atoms with van der Waals surface area (Å²) in [4.78, 5) is 8.72. The van der Waals surface area contributed by atoms with Crippen molar-refractivity contribution in [3.05, 3.63) is 59.4 Å². The highest BCUT2D eigenvalue weighted by Crippen LogP contribution is 2.47. The molecule has 3 rings (SSSR count). The minimum atomic E-state index is -0.0664. The molecule has 114 valence electrons. The molecule has 0 aliphatic heterocycles. The lowest BCUT2D eigenvalue weighted by atomic mass is 10.1. The summed E-state index contributed by atoms with van der Waals surface area (Å²) in [5, 5.41) is 4.17. The maximum absolute atomic E-state index is 5.95. The molecule has 22 heavy (non-hydrogen) atoms. The van der Waals surface area contributed by atoms with Crippen molar-refractivity contribution >= 4 is 23.3 Å². The molecule has 0 radical (unpaired) electrons. The number of rotatable bonds is 6. The number of nitrogens with one attached hydrogen (secondary N) is 1. The van der Waals surface area contributed by atoms with E-state index in [9.17, 15) is 0 Å². The van der Waals surface area contributed by atoms with E-state index in [4.69, 9.17) is 16.3 Å². The van der Waals surface area contributed by atoms with Crippen LogP contribution in [0.25, 0.3) is 5.76 Å². The number of nitrogens with zero attached hydrogens (tertiary/aromatic N) is 2. The Hall–Kier alpha value is -2.07. The first-order valence-corrected chi connectivity index (χ1v) is 7.69. The zero-order chi connectivity index (χ0) is 15.6. The van der Waals surface area contributed by atoms with Crippen LogP contribution in [0.15, 0.2) is 43.2 Å². The second-order valence-electron chi connectivity index (χ2n) is 5.37. The van der Waals surface area contributed by atoms with Crippen LogP contribution in [0.5, 0.6) is 0 Å². The lowest BCUT2D eigenvalue weighted by molar-refractivity contribution is 0.299. The second-order valence-corrected chi connectivity index (χ2v) is 5.80. The Morgan fingerprint density at radius 3 is 2.45 bits per heavy atom. The average molecular weight is 316 g/mol. The summed E-state index contributed by atoms with van der Waals surface area (Å²) in [5.74, 6) is 1.20. The number of ether oxygens (including phenoxy) is 1. The Labute approximate surface area is 135 Å². The summed E-state index contributed by atoms with van der Waals surface area (Å²) >= 11 is 5.95. The van der Waals surface area contributed by atoms with Gasteiger partial charge in [-0.1, -0.05) is 30.3 Å². The number of benzene rings is 1. The fraction of sp³-hybridized carbons (Fsp3) is 0.294. The fourth-order valence-electron chi connectivity index (χ4n) is 2.39. The van der Waals surface area contributed by atoms with Crippen LogP contribution in [0.3, 0.4) is 0 Å². The van der Waals surface area contributed by atoms with Crippen LogP contribution in [0, 0.1) is 0 Å². The molecule has 1 aromatic heterocycles. The highest BCUT2D eigenvalue weighted by molar-refractivity contribution is 6.30. The third kappa shape index (κ3) is 3.07. The van der Waals surface area contributed by atoms with Gasteiger partial charge in [0, 0.05) is 17.4 Å². The van der Waals surface area contributed by atoms with Gasteiger partial charge in [-0.15, -0.1) is 0 Å². The lowest BCUT2D eigenvalue weighted by Gasteiger charge is -2.18. The molecule has 1 saturated carbocycles. The molecule has 1 aromatic carbocycles. The topological polar surface area (TPSA) is 47.0 Å². The van der Waals surface area contributed by atoms with E-state index in [1.807, 2.05) is 31.2 Å². The molecular weight excluding hydrogens is 298 g/mol. The summed E-state index contributed by atoms with van der Waals surface area (Å²) in [6.45, 7) is 6.36. The molecule has 1 aliphatic carbocycles. The van der Waals surface area contributed by atoms with Crippen LogP contribution < -0.4 is 5.32 Å². The first-order chi connectivity index (χ1) is 10.6. The van der Waals surface area contributed by atoms with Crippen molar-refractivity contribution in [1.82, 2.24) is 9.97 Å². The van der Waals surface area contributed by atoms with Gasteiger partial charge in [0.15, 0.2) is 0 Å². The Morgan fingerprint density at radius 2 is 1.91 bits per heavy atom. The molecule has 0 amide bonds. The van der Waals surface area contributed by atoms with Crippen molar-refractivity contribution < 1.29 is 4.74 Å². The first-order valence-electron chi connectivity index (χ1n) is 7.31. The highest BCUT2D eigenvalue weighted by Gasteiger charge is 2.44. The number of halogens is 1. The summed E-state index contributed by atoms with van der Waals surface area (Å²) in [7, 11) is 0. The summed E-state index contributed by atoms with van der Waals surface area (Å²) < 4.78 is 5.35. The van der Waals surface area contributed by atoms with Crippen LogP contribution >= 0.6 is 11.6 Å². The van der Waals surface area contributed by atoms with Crippen molar-refractivity contribution in [2.24, 2.45) is 0 Å². The van der Waals surface area contributed by atoms with E-state index in [0.29, 0.717) is 18.3 Å². The minimum Gasteiger partial charge on any atom is -0.494 e. The van der Waals surface area contributed by atoms with E-state index in [1.54, 1.807) is 12.4 Å². The standard InChI is InChI=1S/C17H18ClN3O/c1-3-22-12(2)13-10-19-16(20-11-13)21-17(8-9-17)14-4-6-15(18)7-5-14/h4-7,10-11H,2-3,8-9H2,1H3,(H,19,20,21). The molecule has 0 saturated heterocycles. The number of hydrogen-bond donors (Lipinski definition) is 1. The zero-order valence-electron chi connectivity index (χ0n) is 12.5. The van der Waals surface area contributed by atoms with E-state index in [0.717, 1.165) is 23.4 Å². The normalized spacial score (nSPS) is 15.2. The van der Waals surface area contributed by atoms with E-state index >= 15 is 0 Å². The summed E-state index contributed by atoms with van der Waals surface area (Å²) in [6.07, 6.45) is 5.58. The van der Waals surface area contributed by atoms with Gasteiger partial charge in [0.2, 0.25) is 5.95 Å². The van der Waals surface area contributed by atoms with Crippen LogP contribution in [0.1, 0.15) is 30.9 Å². The third-order valence-corrected chi connectivity index (χ3v) is 4.04. The fourth-order valence-corrected chi connectivity index (χ4v) is 2.51. The number of aromatic nitrogens is 2. The largest absolute Gasteiger partial charge is 0.494 e. The molecule has 1 heterocycles. The van der Waals surface area contributed by atoms with Gasteiger partial charge in [-0.25, -0.2) is 9.97 Å². The van der Waals surface area contributed by atoms with E-state index in [-0.39, 0.29) is 5.54 Å². The quantitative estimate of drug-likeness (QED) is 0.810. The number of anilines is 1. The second kappa shape index (κ2) is 5.97. The van der Waals surface area contributed by atoms with Gasteiger partial charge >= 0.3 is 0 Å². The Morgan fingerprint density at radius 1 is 1.27 bits per heavy atom. The van der Waals surface area contributed by atoms with Crippen molar-refractivity contribution in [2.45, 2.75) is 25.3 Å². The van der Waals surface area contributed by atoms with Gasteiger partial charge in [-0.3, -0.25) is 0 Å². The first kappa shape index (κ1) is 14.9. The van der Waals surface area contributed by atoms with Gasteiger partial charge in [0.25, 0.3) is 0 Å². The molecule has 0 spiro atoms. The smallest absolute Gasteiger partial charge is 0.223 e. The summed E-state index contributed by atoms with van der Waals surface area (Å²) in [6, 6.07) is 7.92. The van der Waals surface area contributed by atoms with Crippen molar-refractivity contribution in [1.29, 1.82) is 0 Å². The van der Waals surface area contributed by atoms with Crippen molar-refractivity contribution in [2.75, 3.05) is 11.9 Å². The van der Waals surface area contributed by atoms with Gasteiger partial charge in [-0.2, -0.15) is 0 Å². The molecule has 1 N–H and O–H groups in total. The average Bonchev–Trinajstić information content (AvgIpc) is 3.29. The van der Waals surface area contributed by atoms with Gasteiger partial charge in [0.05, 0.1) is 17.7 Å². The van der Waals surface area contributed by atoms with Crippen molar-refractivity contribution in [3.63, 3.8) is 0 Å². The van der Waals surface area contributed by atoms with Crippen LogP contribution in [-0.4, -0.2) is 16.6 Å². The monoisotopic (exact) mass is 315 g/mol. The molecule has 5 heteroatoms. The van der Waals surface area contributed by atoms with Gasteiger partial charge < -0.3 is 10.1 Å². The van der Waals surface area contributed by atoms with E-state index in [2.05, 4.69) is 21.9 Å². The molecule has 0 unspecified atom stereocenters. The predicted molar refractivity (Wildman–Crippen MR) is 88.7 cm³/mol. The van der Waals surface area contributed by atoms with E-state index in [1.165, 1.54) is 5.56 Å². The SMILES string of the molecule is C=C(OCC)c1cnc(NC2(c3ccc(Cl)cc3)CC2)nc1. The Balaban J connectivity index is 1.73. The molecule has 4 nitrogen and oxygen atoms in total. The molecule has 1 aliphatic rings. The van der Waals surface area contributed by atoms with Gasteiger partial charge in [0.1, 0.15) is 5.76 Å². The summed E-state index contributed by atoms with van der Waals surface area (Å²) in [5.41, 5.74) is 1.94. The maximum atomic E-state index is 5.95. The predicted octanol–water partition coefficient (Wildman–Crippen LogP) is 4.24. The highest BCUT2D eigenvalue weighted by atomic mass is 35.5. The van der Waals surface area contributed by atoms with Crippen molar-refractivity contribution in [3.8, 4) is 0 Å². The number of hydrogen-bond acceptors (Lipinski definition) is 4. The molecule has 1 fully saturated rings. The van der Waals surface area contributed by atoms with Crippen LogP contribution in [-0.2, 0) is 10.3 Å². The van der Waals surface area contributed by atoms with Crippen LogP contribution in [0.2, 0.25) is 5.02 Å². The zero-order valence-corrected chi connectivity index (χ0v) is 13.2. The van der Waals surface area contributed by atoms with E-state index < -0.39 is 0 Å². The Kier molecular flexibility index (Phi) is 4.03. The lowest BCUT2D eigenvalue weighted by Crippen LogP contribution is -2.20. The van der Waals surface area contributed by atoms with Gasteiger partial charge in [-0.05, 0) is 37.5 Å². The molecule has 2 aromatic rings. The minimum absolute atomic E-state index is 0.0664. The molecule has 0 bridgehead atoms. The molecular formula is C17H18ClN3O.